The zero-order valence-electron chi connectivity index (χ0n) is 14.0. The normalized spacial score (nSPS) is 18.7. The van der Waals surface area contributed by atoms with Gasteiger partial charge < -0.3 is 14.7 Å². The Balaban J connectivity index is 0.00000169. The van der Waals surface area contributed by atoms with Crippen LogP contribution in [0.15, 0.2) is 10.6 Å². The molecule has 1 saturated carbocycles. The number of amides is 1. The third-order valence-electron chi connectivity index (χ3n) is 5.05. The number of fused-ring (bicyclic) bond motifs is 1. The lowest BCUT2D eigenvalue weighted by Gasteiger charge is -2.32. The zero-order valence-corrected chi connectivity index (χ0v) is 14.9. The fourth-order valence-electron chi connectivity index (χ4n) is 3.41. The topological polar surface area (TPSA) is 71.3 Å². The van der Waals surface area contributed by atoms with E-state index in [9.17, 15) is 4.79 Å². The van der Waals surface area contributed by atoms with Crippen molar-refractivity contribution < 1.29 is 9.32 Å². The first-order valence-electron chi connectivity index (χ1n) is 8.41. The summed E-state index contributed by atoms with van der Waals surface area (Å²) in [5.74, 6) is 0.562. The van der Waals surface area contributed by atoms with E-state index >= 15 is 0 Å². The molecule has 0 atom stereocenters. The molecule has 7 heteroatoms. The molecule has 4 rings (SSSR count). The SMILES string of the molecule is CNC1CCN(C(=O)c2cc(C3CC3)nc3onc(C)c23)CC1.Cl. The number of nitrogens with one attached hydrogen (secondary N) is 1. The standard InChI is InChI=1S/C17H22N4O2.ClH/c1-10-15-13(17(22)21-7-5-12(18-2)6-8-21)9-14(11-3-4-11)19-16(15)23-20-10;/h9,11-12,18H,3-8H2,1-2H3;1H. The van der Waals surface area contributed by atoms with Crippen LogP contribution in [0.4, 0.5) is 0 Å². The first-order valence-corrected chi connectivity index (χ1v) is 8.41. The van der Waals surface area contributed by atoms with Gasteiger partial charge in [-0.05, 0) is 45.7 Å². The van der Waals surface area contributed by atoms with Crippen molar-refractivity contribution in [2.75, 3.05) is 20.1 Å². The molecule has 6 nitrogen and oxygen atoms in total. The summed E-state index contributed by atoms with van der Waals surface area (Å²) in [5.41, 5.74) is 2.92. The average molecular weight is 351 g/mol. The lowest BCUT2D eigenvalue weighted by Crippen LogP contribution is -2.44. The van der Waals surface area contributed by atoms with Crippen LogP contribution in [0.25, 0.3) is 11.1 Å². The quantitative estimate of drug-likeness (QED) is 0.921. The van der Waals surface area contributed by atoms with Gasteiger partial charge in [0.25, 0.3) is 11.6 Å². The first-order chi connectivity index (χ1) is 11.2. The average Bonchev–Trinajstić information content (AvgIpc) is 3.37. The molecule has 0 aromatic carbocycles. The summed E-state index contributed by atoms with van der Waals surface area (Å²) in [6.07, 6.45) is 4.28. The van der Waals surface area contributed by atoms with E-state index in [2.05, 4.69) is 15.5 Å². The van der Waals surface area contributed by atoms with E-state index in [4.69, 9.17) is 4.52 Å². The molecule has 3 heterocycles. The fraction of sp³-hybridized carbons (Fsp3) is 0.588. The van der Waals surface area contributed by atoms with Crippen LogP contribution in [-0.4, -0.2) is 47.1 Å². The maximum Gasteiger partial charge on any atom is 0.259 e. The third kappa shape index (κ3) is 3.00. The Labute approximate surface area is 147 Å². The van der Waals surface area contributed by atoms with Crippen LogP contribution in [0, 0.1) is 6.92 Å². The molecule has 1 N–H and O–H groups in total. The van der Waals surface area contributed by atoms with Gasteiger partial charge in [-0.3, -0.25) is 4.79 Å². The van der Waals surface area contributed by atoms with Gasteiger partial charge in [0.1, 0.15) is 0 Å². The molecule has 2 aromatic heterocycles. The minimum atomic E-state index is 0. The van der Waals surface area contributed by atoms with Crippen LogP contribution in [0.3, 0.4) is 0 Å². The zero-order chi connectivity index (χ0) is 16.0. The van der Waals surface area contributed by atoms with Crippen LogP contribution in [0.5, 0.6) is 0 Å². The summed E-state index contributed by atoms with van der Waals surface area (Å²) in [5, 5.41) is 8.08. The minimum Gasteiger partial charge on any atom is -0.339 e. The second kappa shape index (κ2) is 6.69. The highest BCUT2D eigenvalue weighted by Crippen LogP contribution is 2.40. The molecule has 2 fully saturated rings. The Hall–Kier alpha value is -1.66. The van der Waals surface area contributed by atoms with Crippen molar-refractivity contribution in [2.24, 2.45) is 0 Å². The van der Waals surface area contributed by atoms with E-state index < -0.39 is 0 Å². The largest absolute Gasteiger partial charge is 0.339 e. The van der Waals surface area contributed by atoms with Crippen LogP contribution in [0.1, 0.15) is 53.3 Å². The van der Waals surface area contributed by atoms with Crippen molar-refractivity contribution in [3.05, 3.63) is 23.0 Å². The molecule has 2 aliphatic rings. The highest BCUT2D eigenvalue weighted by atomic mass is 35.5. The Kier molecular flexibility index (Phi) is 4.78. The predicted octanol–water partition coefficient (Wildman–Crippen LogP) is 2.65. The van der Waals surface area contributed by atoms with E-state index in [1.807, 2.05) is 24.9 Å². The molecule has 1 amide bonds. The predicted molar refractivity (Wildman–Crippen MR) is 93.7 cm³/mol. The van der Waals surface area contributed by atoms with Crippen LogP contribution in [-0.2, 0) is 0 Å². The van der Waals surface area contributed by atoms with Gasteiger partial charge in [-0.25, -0.2) is 4.98 Å². The van der Waals surface area contributed by atoms with Gasteiger partial charge in [0.15, 0.2) is 0 Å². The number of carbonyl (C=O) groups is 1. The number of carbonyl (C=O) groups excluding carboxylic acids is 1. The van der Waals surface area contributed by atoms with Gasteiger partial charge >= 0.3 is 0 Å². The molecule has 2 aromatic rings. The number of hydrogen-bond acceptors (Lipinski definition) is 5. The molecular weight excluding hydrogens is 328 g/mol. The number of likely N-dealkylation sites (tertiary alicyclic amines) is 1. The summed E-state index contributed by atoms with van der Waals surface area (Å²) >= 11 is 0. The van der Waals surface area contributed by atoms with E-state index in [0.29, 0.717) is 23.2 Å². The molecule has 0 bridgehead atoms. The number of hydrogen-bond donors (Lipinski definition) is 1. The van der Waals surface area contributed by atoms with Gasteiger partial charge in [0.2, 0.25) is 0 Å². The molecule has 1 aliphatic carbocycles. The molecule has 1 aliphatic heterocycles. The number of pyridine rings is 1. The van der Waals surface area contributed by atoms with E-state index in [1.54, 1.807) is 0 Å². The second-order valence-electron chi connectivity index (χ2n) is 6.67. The Morgan fingerprint density at radius 1 is 1.29 bits per heavy atom. The smallest absolute Gasteiger partial charge is 0.259 e. The fourth-order valence-corrected chi connectivity index (χ4v) is 3.41. The molecule has 24 heavy (non-hydrogen) atoms. The highest BCUT2D eigenvalue weighted by Gasteiger charge is 2.30. The molecule has 0 unspecified atom stereocenters. The number of piperidine rings is 1. The maximum absolute atomic E-state index is 13.1. The van der Waals surface area contributed by atoms with Crippen molar-refractivity contribution in [3.63, 3.8) is 0 Å². The van der Waals surface area contributed by atoms with Crippen molar-refractivity contribution in [3.8, 4) is 0 Å². The Morgan fingerprint density at radius 3 is 2.62 bits per heavy atom. The number of aromatic nitrogens is 2. The van der Waals surface area contributed by atoms with E-state index in [0.717, 1.165) is 55.5 Å². The van der Waals surface area contributed by atoms with Gasteiger partial charge in [-0.1, -0.05) is 5.16 Å². The summed E-state index contributed by atoms with van der Waals surface area (Å²) in [4.78, 5) is 19.6. The van der Waals surface area contributed by atoms with Gasteiger partial charge in [0.05, 0.1) is 16.6 Å². The van der Waals surface area contributed by atoms with Crippen LogP contribution < -0.4 is 5.32 Å². The summed E-state index contributed by atoms with van der Waals surface area (Å²) in [6.45, 7) is 3.45. The molecule has 0 spiro atoms. The van der Waals surface area contributed by atoms with Crippen molar-refractivity contribution in [2.45, 2.75) is 44.6 Å². The van der Waals surface area contributed by atoms with E-state index in [1.165, 1.54) is 0 Å². The van der Waals surface area contributed by atoms with Crippen molar-refractivity contribution in [1.82, 2.24) is 20.4 Å². The lowest BCUT2D eigenvalue weighted by molar-refractivity contribution is 0.0709. The Morgan fingerprint density at radius 2 is 2.00 bits per heavy atom. The number of halogens is 1. The summed E-state index contributed by atoms with van der Waals surface area (Å²) in [7, 11) is 1.98. The van der Waals surface area contributed by atoms with E-state index in [-0.39, 0.29) is 18.3 Å². The van der Waals surface area contributed by atoms with Crippen molar-refractivity contribution >= 4 is 29.4 Å². The van der Waals surface area contributed by atoms with Crippen LogP contribution >= 0.6 is 12.4 Å². The molecular formula is C17H23ClN4O2. The van der Waals surface area contributed by atoms with Gasteiger partial charge in [-0.2, -0.15) is 0 Å². The number of rotatable bonds is 3. The highest BCUT2D eigenvalue weighted by molar-refractivity contribution is 6.06. The third-order valence-corrected chi connectivity index (χ3v) is 5.05. The number of aryl methyl sites for hydroxylation is 1. The monoisotopic (exact) mass is 350 g/mol. The maximum atomic E-state index is 13.1. The molecule has 0 radical (unpaired) electrons. The second-order valence-corrected chi connectivity index (χ2v) is 6.67. The van der Waals surface area contributed by atoms with Gasteiger partial charge in [0, 0.05) is 30.7 Å². The summed E-state index contributed by atoms with van der Waals surface area (Å²) in [6, 6.07) is 2.48. The summed E-state index contributed by atoms with van der Waals surface area (Å²) < 4.78 is 5.34. The first kappa shape index (κ1) is 17.2. The minimum absolute atomic E-state index is 0. The van der Waals surface area contributed by atoms with Gasteiger partial charge in [-0.15, -0.1) is 12.4 Å². The number of nitrogens with zero attached hydrogens (tertiary/aromatic N) is 3. The Bertz CT molecular complexity index is 748. The molecule has 1 saturated heterocycles. The van der Waals surface area contributed by atoms with Crippen LogP contribution in [0.2, 0.25) is 0 Å². The van der Waals surface area contributed by atoms with Crippen molar-refractivity contribution in [1.29, 1.82) is 0 Å². The lowest BCUT2D eigenvalue weighted by atomic mass is 10.0. The molecule has 130 valence electrons.